The van der Waals surface area contributed by atoms with E-state index in [0.29, 0.717) is 17.7 Å². The summed E-state index contributed by atoms with van der Waals surface area (Å²) in [5.74, 6) is -6.69. The first-order chi connectivity index (χ1) is 36.9. The Hall–Kier alpha value is -4.79. The van der Waals surface area contributed by atoms with Gasteiger partial charge in [0.05, 0.1) is 85.7 Å². The molecule has 0 spiro atoms. The third kappa shape index (κ3) is 23.1. The number of carboxylic acids is 1. The molecule has 2 saturated heterocycles. The Morgan fingerprint density at radius 1 is 0.718 bits per heavy atom. The SMILES string of the molecule is CC(CCC(O)CC(=O)c1ccc(N)cc1)C1CC=CC=CC=CC=CC=CC=CC=CC(O[C@@H]2O[C@H](C)[C@@H](O)[C@H](N)[C@@H]2O)CC2OC(O)(CC(O)CC(O)CC(O)CC(O)CC(O)CC(O)CC(=O)O1)CC(O)C2C(=O)O. The van der Waals surface area contributed by atoms with Gasteiger partial charge in [-0.05, 0) is 82.1 Å². The van der Waals surface area contributed by atoms with Gasteiger partial charge in [0.15, 0.2) is 17.9 Å². The summed E-state index contributed by atoms with van der Waals surface area (Å²) < 4.78 is 23.6. The Labute approximate surface area is 455 Å². The van der Waals surface area contributed by atoms with E-state index in [9.17, 15) is 75.7 Å². The van der Waals surface area contributed by atoms with Crippen molar-refractivity contribution in [1.82, 2.24) is 0 Å². The number of esters is 1. The Balaban J connectivity index is 1.52. The van der Waals surface area contributed by atoms with Gasteiger partial charge in [-0.2, -0.15) is 0 Å². The number of allylic oxidation sites excluding steroid dienone is 12. The Morgan fingerprint density at radius 3 is 1.81 bits per heavy atom. The third-order valence-corrected chi connectivity index (χ3v) is 13.9. The zero-order valence-electron chi connectivity index (χ0n) is 44.4. The quantitative estimate of drug-likeness (QED) is 0.0903. The number of hydrogen-bond donors (Lipinski definition) is 14. The number of benzene rings is 1. The molecule has 0 aliphatic carbocycles. The molecule has 21 heteroatoms. The minimum absolute atomic E-state index is 0.116. The third-order valence-electron chi connectivity index (χ3n) is 13.9. The molecule has 436 valence electrons. The van der Waals surface area contributed by atoms with Gasteiger partial charge >= 0.3 is 11.9 Å². The van der Waals surface area contributed by atoms with Crippen molar-refractivity contribution in [2.24, 2.45) is 17.6 Å². The molecule has 1 aromatic rings. The molecular weight excluding hydrogens is 1020 g/mol. The highest BCUT2D eigenvalue weighted by Gasteiger charge is 2.51. The summed E-state index contributed by atoms with van der Waals surface area (Å²) in [6.07, 6.45) is 1.71. The van der Waals surface area contributed by atoms with Crippen molar-refractivity contribution < 1.29 is 94.6 Å². The molecule has 78 heavy (non-hydrogen) atoms. The lowest BCUT2D eigenvalue weighted by Gasteiger charge is -2.45. The van der Waals surface area contributed by atoms with Crippen LogP contribution in [0.25, 0.3) is 0 Å². The molecule has 14 unspecified atom stereocenters. The molecule has 2 bridgehead atoms. The van der Waals surface area contributed by atoms with Crippen LogP contribution in [0, 0.1) is 11.8 Å². The van der Waals surface area contributed by atoms with Crippen molar-refractivity contribution >= 4 is 23.4 Å². The summed E-state index contributed by atoms with van der Waals surface area (Å²) in [5.41, 5.74) is 12.7. The second kappa shape index (κ2) is 33.1. The average molecular weight is 1100 g/mol. The number of rotatable bonds is 10. The minimum Gasteiger partial charge on any atom is -0.481 e. The van der Waals surface area contributed by atoms with E-state index in [1.54, 1.807) is 103 Å². The summed E-state index contributed by atoms with van der Waals surface area (Å²) >= 11 is 0. The highest BCUT2D eigenvalue weighted by atomic mass is 16.7. The van der Waals surface area contributed by atoms with E-state index in [1.165, 1.54) is 13.0 Å². The van der Waals surface area contributed by atoms with Crippen LogP contribution in [0.3, 0.4) is 0 Å². The number of aliphatic hydroxyl groups excluding tert-OH is 10. The number of carboxylic acid groups (broad SMARTS) is 1. The first-order valence-corrected chi connectivity index (χ1v) is 26.7. The van der Waals surface area contributed by atoms with Crippen molar-refractivity contribution in [1.29, 1.82) is 0 Å². The number of hydrogen-bond acceptors (Lipinski definition) is 20. The predicted molar refractivity (Wildman–Crippen MR) is 286 cm³/mol. The number of anilines is 1. The van der Waals surface area contributed by atoms with Gasteiger partial charge < -0.3 is 91.7 Å². The molecule has 0 saturated carbocycles. The van der Waals surface area contributed by atoms with Crippen LogP contribution in [0.2, 0.25) is 0 Å². The monoisotopic (exact) mass is 1100 g/mol. The molecule has 21 nitrogen and oxygen atoms in total. The largest absolute Gasteiger partial charge is 0.481 e. The maximum atomic E-state index is 13.2. The smallest absolute Gasteiger partial charge is 0.311 e. The first-order valence-electron chi connectivity index (χ1n) is 26.7. The van der Waals surface area contributed by atoms with E-state index in [-0.39, 0.29) is 63.1 Å². The van der Waals surface area contributed by atoms with Gasteiger partial charge in [0.1, 0.15) is 18.1 Å². The number of ether oxygens (including phenoxy) is 4. The molecule has 4 rings (SSSR count). The highest BCUT2D eigenvalue weighted by molar-refractivity contribution is 5.96. The fraction of sp³-hybridized carbons (Fsp3) is 0.596. The van der Waals surface area contributed by atoms with E-state index in [4.69, 9.17) is 30.4 Å². The topological polar surface area (TPSA) is 383 Å². The molecule has 2 fully saturated rings. The molecule has 19 atom stereocenters. The number of nitrogens with two attached hydrogens (primary N) is 2. The standard InChI is InChI=1S/C57H84N2O19/c1-34(18-23-38(60)29-46(67)36-19-21-37(58)22-20-36)48-17-15-13-11-9-7-5-3-4-6-8-10-12-14-16-45(76-56-54(71)52(59)53(70)35(2)75-56)31-49-51(55(72)73)47(68)33-57(74,78-49)32-44(66)28-42(64)26-40(62)24-39(61)25-41(63)27-43(65)30-50(69)77-48/h3-16,19-22,34-35,38-45,47-49,51-54,56,60-66,68,70-71,74H,17-18,23-33,58-59H2,1-2H3,(H,72,73)/t34?,35-,38?,39?,40?,41?,42?,43?,44?,45?,47?,48?,49?,51?,52+,53-,54+,56+,57?/m1/s1. The van der Waals surface area contributed by atoms with Gasteiger partial charge in [-0.3, -0.25) is 14.4 Å². The minimum atomic E-state index is -2.33. The van der Waals surface area contributed by atoms with E-state index < -0.39 is 147 Å². The Kier molecular flexibility index (Phi) is 27.9. The zero-order valence-corrected chi connectivity index (χ0v) is 44.4. The number of aliphatic hydroxyl groups is 11. The van der Waals surface area contributed by atoms with Crippen molar-refractivity contribution in [2.75, 3.05) is 5.73 Å². The number of aliphatic carboxylic acids is 1. The van der Waals surface area contributed by atoms with Crippen molar-refractivity contribution in [3.8, 4) is 0 Å². The van der Waals surface area contributed by atoms with E-state index in [0.717, 1.165) is 0 Å². The first kappa shape index (κ1) is 65.7. The summed E-state index contributed by atoms with van der Waals surface area (Å²) in [7, 11) is 0. The molecule has 0 aromatic heterocycles. The average Bonchev–Trinajstić information content (AvgIpc) is 3.37. The lowest BCUT2D eigenvalue weighted by Crippen LogP contribution is -2.61. The van der Waals surface area contributed by atoms with Gasteiger partial charge in [0, 0.05) is 43.4 Å². The normalized spacial score (nSPS) is 35.8. The van der Waals surface area contributed by atoms with E-state index >= 15 is 0 Å². The van der Waals surface area contributed by atoms with Crippen LogP contribution in [0.5, 0.6) is 0 Å². The van der Waals surface area contributed by atoms with Crippen LogP contribution in [0.15, 0.2) is 109 Å². The van der Waals surface area contributed by atoms with Gasteiger partial charge in [-0.15, -0.1) is 0 Å². The summed E-state index contributed by atoms with van der Waals surface area (Å²) in [6, 6.07) is 5.23. The second-order valence-electron chi connectivity index (χ2n) is 20.9. The lowest BCUT2D eigenvalue weighted by molar-refractivity contribution is -0.308. The molecule has 0 radical (unpaired) electrons. The van der Waals surface area contributed by atoms with E-state index in [2.05, 4.69) is 0 Å². The number of fused-ring (bicyclic) bond motifs is 2. The zero-order chi connectivity index (χ0) is 57.5. The second-order valence-corrected chi connectivity index (χ2v) is 20.9. The predicted octanol–water partition coefficient (Wildman–Crippen LogP) is 1.83. The molecule has 3 heterocycles. The van der Waals surface area contributed by atoms with Crippen LogP contribution < -0.4 is 11.5 Å². The molecule has 3 aliphatic heterocycles. The fourth-order valence-electron chi connectivity index (χ4n) is 9.68. The lowest BCUT2D eigenvalue weighted by atomic mass is 9.82. The number of cyclic esters (lactones) is 1. The fourth-order valence-corrected chi connectivity index (χ4v) is 9.68. The summed E-state index contributed by atoms with van der Waals surface area (Å²) in [5, 5.41) is 130. The number of carbonyl (C=O) groups excluding carboxylic acids is 2. The molecule has 16 N–H and O–H groups in total. The number of nitrogen functional groups attached to an aromatic ring is 1. The summed E-state index contributed by atoms with van der Waals surface area (Å²) in [6.45, 7) is 3.37. The Morgan fingerprint density at radius 2 is 1.24 bits per heavy atom. The maximum absolute atomic E-state index is 13.2. The molecule has 0 amide bonds. The molecular formula is C57H84N2O19. The number of ketones is 1. The van der Waals surface area contributed by atoms with Crippen molar-refractivity contribution in [3.63, 3.8) is 0 Å². The Bertz CT molecular complexity index is 2200. The van der Waals surface area contributed by atoms with Crippen LogP contribution in [0.4, 0.5) is 5.69 Å². The van der Waals surface area contributed by atoms with Gasteiger partial charge in [0.25, 0.3) is 0 Å². The van der Waals surface area contributed by atoms with Crippen molar-refractivity contribution in [3.05, 3.63) is 115 Å². The van der Waals surface area contributed by atoms with Crippen molar-refractivity contribution in [2.45, 2.75) is 201 Å². The van der Waals surface area contributed by atoms with Gasteiger partial charge in [0.2, 0.25) is 0 Å². The number of Topliss-reactive ketones (excluding diaryl/α,β-unsaturated/α-hetero) is 1. The maximum Gasteiger partial charge on any atom is 0.311 e. The van der Waals surface area contributed by atoms with Crippen LogP contribution in [-0.2, 0) is 28.5 Å². The number of carbonyl (C=O) groups is 3. The van der Waals surface area contributed by atoms with Gasteiger partial charge in [-0.1, -0.05) is 92.0 Å². The van der Waals surface area contributed by atoms with Crippen LogP contribution in [-0.4, -0.2) is 183 Å². The molecule has 3 aliphatic rings. The summed E-state index contributed by atoms with van der Waals surface area (Å²) in [4.78, 5) is 38.5. The molecule has 1 aromatic carbocycles. The van der Waals surface area contributed by atoms with Crippen LogP contribution in [0.1, 0.15) is 108 Å². The van der Waals surface area contributed by atoms with Gasteiger partial charge in [-0.25, -0.2) is 0 Å². The van der Waals surface area contributed by atoms with E-state index in [1.807, 2.05) is 6.92 Å². The van der Waals surface area contributed by atoms with Crippen LogP contribution >= 0.6 is 0 Å². The highest BCUT2D eigenvalue weighted by Crippen LogP contribution is 2.38.